The standard InChI is InChI=1S/C18H26N4O2S/c1-20(2)16(23)12-21-9-13-6-7-14(11-21)22(10-13)18(24)15-5-4-8-19-17(15)25-3/h4-5,8,13-14H,6-7,9-12H2,1-3H3/t13-,14+/m0/s1. The van der Waals surface area contributed by atoms with E-state index in [-0.39, 0.29) is 17.9 Å². The summed E-state index contributed by atoms with van der Waals surface area (Å²) < 4.78 is 0. The van der Waals surface area contributed by atoms with Gasteiger partial charge in [-0.05, 0) is 37.1 Å². The number of fused-ring (bicyclic) bond motifs is 4. The van der Waals surface area contributed by atoms with Gasteiger partial charge in [-0.3, -0.25) is 14.5 Å². The first-order valence-electron chi connectivity index (χ1n) is 8.72. The molecule has 25 heavy (non-hydrogen) atoms. The maximum absolute atomic E-state index is 13.1. The maximum atomic E-state index is 13.1. The number of aromatic nitrogens is 1. The number of thioether (sulfide) groups is 1. The van der Waals surface area contributed by atoms with E-state index in [2.05, 4.69) is 9.88 Å². The first-order valence-corrected chi connectivity index (χ1v) is 9.94. The first kappa shape index (κ1) is 18.2. The molecule has 4 rings (SSSR count). The highest BCUT2D eigenvalue weighted by Crippen LogP contribution is 2.30. The fourth-order valence-corrected chi connectivity index (χ4v) is 4.30. The monoisotopic (exact) mass is 362 g/mol. The van der Waals surface area contributed by atoms with E-state index in [4.69, 9.17) is 0 Å². The van der Waals surface area contributed by atoms with Gasteiger partial charge in [-0.1, -0.05) is 0 Å². The predicted octanol–water partition coefficient (Wildman–Crippen LogP) is 1.43. The molecule has 0 aliphatic carbocycles. The van der Waals surface area contributed by atoms with Crippen LogP contribution in [0, 0.1) is 5.92 Å². The van der Waals surface area contributed by atoms with Crippen molar-refractivity contribution in [3.05, 3.63) is 23.9 Å². The number of pyridine rings is 1. The molecule has 3 aliphatic rings. The van der Waals surface area contributed by atoms with Crippen molar-refractivity contribution in [3.63, 3.8) is 0 Å². The molecular weight excluding hydrogens is 336 g/mol. The largest absolute Gasteiger partial charge is 0.348 e. The highest BCUT2D eigenvalue weighted by molar-refractivity contribution is 7.98. The summed E-state index contributed by atoms with van der Waals surface area (Å²) in [5.74, 6) is 0.635. The van der Waals surface area contributed by atoms with Crippen LogP contribution in [0.2, 0.25) is 0 Å². The van der Waals surface area contributed by atoms with Crippen LogP contribution in [0.4, 0.5) is 0 Å². The number of carbonyl (C=O) groups excluding carboxylic acids is 2. The number of hydrogen-bond acceptors (Lipinski definition) is 5. The summed E-state index contributed by atoms with van der Waals surface area (Å²) in [5, 5.41) is 0.785. The third-order valence-corrected chi connectivity index (χ3v) is 5.81. The van der Waals surface area contributed by atoms with Crippen molar-refractivity contribution in [2.45, 2.75) is 23.9 Å². The molecule has 3 aliphatic heterocycles. The molecule has 0 N–H and O–H groups in total. The molecule has 2 bridgehead atoms. The van der Waals surface area contributed by atoms with E-state index in [0.717, 1.165) is 37.5 Å². The third-order valence-electron chi connectivity index (χ3n) is 5.10. The van der Waals surface area contributed by atoms with E-state index < -0.39 is 0 Å². The summed E-state index contributed by atoms with van der Waals surface area (Å²) in [4.78, 5) is 35.4. The van der Waals surface area contributed by atoms with Crippen molar-refractivity contribution in [2.75, 3.05) is 46.5 Å². The maximum Gasteiger partial charge on any atom is 0.256 e. The van der Waals surface area contributed by atoms with Crippen molar-refractivity contribution in [3.8, 4) is 0 Å². The summed E-state index contributed by atoms with van der Waals surface area (Å²) in [5.41, 5.74) is 0.693. The number of piperidine rings is 1. The lowest BCUT2D eigenvalue weighted by Gasteiger charge is -2.36. The van der Waals surface area contributed by atoms with Crippen LogP contribution in [0.15, 0.2) is 23.4 Å². The molecule has 2 atom stereocenters. The van der Waals surface area contributed by atoms with E-state index >= 15 is 0 Å². The van der Waals surface area contributed by atoms with Crippen molar-refractivity contribution in [2.24, 2.45) is 5.92 Å². The second-order valence-electron chi connectivity index (χ2n) is 7.10. The van der Waals surface area contributed by atoms with Crippen LogP contribution in [0.1, 0.15) is 23.2 Å². The van der Waals surface area contributed by atoms with Gasteiger partial charge in [0.1, 0.15) is 5.03 Å². The predicted molar refractivity (Wildman–Crippen MR) is 98.7 cm³/mol. The minimum atomic E-state index is 0.0768. The summed E-state index contributed by atoms with van der Waals surface area (Å²) in [6.45, 7) is 2.88. The van der Waals surface area contributed by atoms with Gasteiger partial charge < -0.3 is 9.80 Å². The van der Waals surface area contributed by atoms with Gasteiger partial charge in [-0.25, -0.2) is 4.98 Å². The van der Waals surface area contributed by atoms with Gasteiger partial charge in [0.25, 0.3) is 5.91 Å². The lowest BCUT2D eigenvalue weighted by Crippen LogP contribution is -2.48. The molecule has 0 saturated carbocycles. The highest BCUT2D eigenvalue weighted by Gasteiger charge is 2.38. The van der Waals surface area contributed by atoms with Crippen molar-refractivity contribution < 1.29 is 9.59 Å². The SMILES string of the molecule is CSc1ncccc1C(=O)N1C[C@H]2CC[C@@H]1CN(CC(=O)N(C)C)C2. The molecule has 1 aromatic rings. The zero-order chi connectivity index (χ0) is 18.0. The summed E-state index contributed by atoms with van der Waals surface area (Å²) in [7, 11) is 3.58. The molecular formula is C18H26N4O2S. The normalized spacial score (nSPS) is 23.4. The Morgan fingerprint density at radius 1 is 1.28 bits per heavy atom. The summed E-state index contributed by atoms with van der Waals surface area (Å²) in [6, 6.07) is 3.87. The van der Waals surface area contributed by atoms with Gasteiger partial charge in [-0.15, -0.1) is 11.8 Å². The Morgan fingerprint density at radius 3 is 2.80 bits per heavy atom. The highest BCUT2D eigenvalue weighted by atomic mass is 32.2. The van der Waals surface area contributed by atoms with Crippen LogP contribution in [-0.2, 0) is 4.79 Å². The van der Waals surface area contributed by atoms with Crippen LogP contribution in [0.5, 0.6) is 0 Å². The average molecular weight is 362 g/mol. The smallest absolute Gasteiger partial charge is 0.256 e. The second kappa shape index (κ2) is 7.74. The number of carbonyl (C=O) groups is 2. The Bertz CT molecular complexity index is 652. The van der Waals surface area contributed by atoms with Crippen LogP contribution in [-0.4, -0.2) is 84.1 Å². The van der Waals surface area contributed by atoms with E-state index in [1.54, 1.807) is 25.2 Å². The molecule has 6 nitrogen and oxygen atoms in total. The van der Waals surface area contributed by atoms with Gasteiger partial charge in [0, 0.05) is 46.0 Å². The third kappa shape index (κ3) is 3.98. The van der Waals surface area contributed by atoms with Gasteiger partial charge in [0.15, 0.2) is 0 Å². The van der Waals surface area contributed by atoms with Gasteiger partial charge in [0.05, 0.1) is 12.1 Å². The number of rotatable bonds is 4. The van der Waals surface area contributed by atoms with E-state index in [9.17, 15) is 9.59 Å². The van der Waals surface area contributed by atoms with E-state index in [0.29, 0.717) is 18.0 Å². The lowest BCUT2D eigenvalue weighted by molar-refractivity contribution is -0.129. The molecule has 7 heteroatoms. The van der Waals surface area contributed by atoms with Crippen molar-refractivity contribution in [1.29, 1.82) is 0 Å². The summed E-state index contributed by atoms with van der Waals surface area (Å²) in [6.07, 6.45) is 5.82. The molecule has 0 unspecified atom stereocenters. The Labute approximate surface area is 153 Å². The summed E-state index contributed by atoms with van der Waals surface area (Å²) >= 11 is 1.51. The van der Waals surface area contributed by atoms with Crippen molar-refractivity contribution >= 4 is 23.6 Å². The molecule has 0 spiro atoms. The van der Waals surface area contributed by atoms with Crippen LogP contribution >= 0.6 is 11.8 Å². The fraction of sp³-hybridized carbons (Fsp3) is 0.611. The fourth-order valence-electron chi connectivity index (χ4n) is 3.76. The first-order chi connectivity index (χ1) is 12.0. The molecule has 3 fully saturated rings. The minimum Gasteiger partial charge on any atom is -0.348 e. The van der Waals surface area contributed by atoms with Crippen LogP contribution in [0.3, 0.4) is 0 Å². The van der Waals surface area contributed by atoms with Crippen molar-refractivity contribution in [1.82, 2.24) is 19.7 Å². The average Bonchev–Trinajstić information content (AvgIpc) is 2.91. The Kier molecular flexibility index (Phi) is 5.64. The Balaban J connectivity index is 1.76. The Morgan fingerprint density at radius 2 is 2.08 bits per heavy atom. The van der Waals surface area contributed by atoms with Crippen LogP contribution in [0.25, 0.3) is 0 Å². The van der Waals surface area contributed by atoms with E-state index in [1.807, 2.05) is 23.3 Å². The molecule has 4 heterocycles. The number of hydrogen-bond donors (Lipinski definition) is 0. The minimum absolute atomic E-state index is 0.0768. The zero-order valence-corrected chi connectivity index (χ0v) is 16.0. The number of amides is 2. The van der Waals surface area contributed by atoms with Crippen LogP contribution < -0.4 is 0 Å². The molecule has 136 valence electrons. The molecule has 3 saturated heterocycles. The Hall–Kier alpha value is -1.60. The quantitative estimate of drug-likeness (QED) is 0.759. The second-order valence-corrected chi connectivity index (χ2v) is 7.89. The molecule has 0 aromatic carbocycles. The lowest BCUT2D eigenvalue weighted by atomic mass is 9.94. The molecule has 0 radical (unpaired) electrons. The van der Waals surface area contributed by atoms with E-state index in [1.165, 1.54) is 11.8 Å². The van der Waals surface area contributed by atoms with Gasteiger partial charge in [-0.2, -0.15) is 0 Å². The van der Waals surface area contributed by atoms with Gasteiger partial charge in [0.2, 0.25) is 5.91 Å². The van der Waals surface area contributed by atoms with Gasteiger partial charge >= 0.3 is 0 Å². The molecule has 2 amide bonds. The molecule has 1 aromatic heterocycles. The number of likely N-dealkylation sites (N-methyl/N-ethyl adjacent to an activating group) is 1. The zero-order valence-electron chi connectivity index (χ0n) is 15.1. The topological polar surface area (TPSA) is 56.8 Å². The number of nitrogens with zero attached hydrogens (tertiary/aromatic N) is 4.